The number of sulfonamides is 1. The number of pyridine rings is 1. The Labute approximate surface area is 147 Å². The van der Waals surface area contributed by atoms with Crippen LogP contribution in [0.5, 0.6) is 0 Å². The number of nitrogens with zero attached hydrogens (tertiary/aromatic N) is 1. The van der Waals surface area contributed by atoms with Crippen LogP contribution in [-0.4, -0.2) is 24.4 Å². The number of nitrogens with one attached hydrogen (secondary N) is 1. The van der Waals surface area contributed by atoms with E-state index in [1.165, 1.54) is 12.3 Å². The number of hydrogen-bond donors (Lipinski definition) is 1. The predicted molar refractivity (Wildman–Crippen MR) is 97.9 cm³/mol. The lowest BCUT2D eigenvalue weighted by Gasteiger charge is -2.21. The van der Waals surface area contributed by atoms with Gasteiger partial charge in [0.25, 0.3) is 0 Å². The van der Waals surface area contributed by atoms with Crippen molar-refractivity contribution in [3.05, 3.63) is 84.1 Å². The van der Waals surface area contributed by atoms with E-state index in [1.807, 2.05) is 25.1 Å². The summed E-state index contributed by atoms with van der Waals surface area (Å²) in [6, 6.07) is 11.9. The molecule has 1 aromatic carbocycles. The normalized spacial score (nSPS) is 19.6. The van der Waals surface area contributed by atoms with Crippen LogP contribution in [0.3, 0.4) is 0 Å². The summed E-state index contributed by atoms with van der Waals surface area (Å²) in [6.07, 6.45) is 8.43. The van der Waals surface area contributed by atoms with E-state index in [1.54, 1.807) is 42.5 Å². The van der Waals surface area contributed by atoms with Gasteiger partial charge in [0.2, 0.25) is 10.0 Å². The fourth-order valence-corrected chi connectivity index (χ4v) is 4.14. The predicted octanol–water partition coefficient (Wildman–Crippen LogP) is 3.19. The van der Waals surface area contributed by atoms with E-state index < -0.39 is 15.3 Å². The summed E-state index contributed by atoms with van der Waals surface area (Å²) < 4.78 is 27.5. The van der Waals surface area contributed by atoms with E-state index in [4.69, 9.17) is 0 Å². The number of rotatable bonds is 5. The third kappa shape index (κ3) is 3.85. The molecule has 6 heteroatoms. The van der Waals surface area contributed by atoms with Crippen molar-refractivity contribution in [1.82, 2.24) is 4.98 Å². The minimum absolute atomic E-state index is 0.124. The van der Waals surface area contributed by atoms with Gasteiger partial charge in [-0.1, -0.05) is 61.6 Å². The van der Waals surface area contributed by atoms with Gasteiger partial charge < -0.3 is 0 Å². The van der Waals surface area contributed by atoms with E-state index in [2.05, 4.69) is 9.71 Å². The number of carbonyl (C=O) groups is 1. The molecule has 0 bridgehead atoms. The van der Waals surface area contributed by atoms with E-state index in [0.717, 1.165) is 0 Å². The molecule has 1 heterocycles. The van der Waals surface area contributed by atoms with Crippen LogP contribution in [0.4, 0.5) is 5.82 Å². The highest BCUT2D eigenvalue weighted by molar-refractivity contribution is 7.93. The molecule has 0 aliphatic heterocycles. The zero-order valence-corrected chi connectivity index (χ0v) is 14.5. The average molecular weight is 354 g/mol. The van der Waals surface area contributed by atoms with Crippen LogP contribution in [0, 0.1) is 5.92 Å². The van der Waals surface area contributed by atoms with Crippen LogP contribution in [0.2, 0.25) is 0 Å². The monoisotopic (exact) mass is 354 g/mol. The van der Waals surface area contributed by atoms with E-state index in [0.29, 0.717) is 11.1 Å². The first-order chi connectivity index (χ1) is 12.0. The highest BCUT2D eigenvalue weighted by Gasteiger charge is 2.28. The topological polar surface area (TPSA) is 76.1 Å². The molecule has 1 aliphatic rings. The maximum Gasteiger partial charge on any atom is 0.240 e. The van der Waals surface area contributed by atoms with Gasteiger partial charge >= 0.3 is 0 Å². The molecule has 2 atom stereocenters. The molecule has 1 aromatic heterocycles. The molecule has 5 nitrogen and oxygen atoms in total. The molecule has 1 aliphatic carbocycles. The highest BCUT2D eigenvalue weighted by atomic mass is 32.2. The first kappa shape index (κ1) is 17.1. The quantitative estimate of drug-likeness (QED) is 0.837. The maximum atomic E-state index is 12.5. The van der Waals surface area contributed by atoms with Gasteiger partial charge in [0, 0.05) is 17.3 Å². The molecule has 2 unspecified atom stereocenters. The van der Waals surface area contributed by atoms with Gasteiger partial charge in [-0.3, -0.25) is 9.52 Å². The summed E-state index contributed by atoms with van der Waals surface area (Å²) >= 11 is 0. The number of benzene rings is 1. The van der Waals surface area contributed by atoms with E-state index >= 15 is 0 Å². The Morgan fingerprint density at radius 2 is 1.72 bits per heavy atom. The van der Waals surface area contributed by atoms with Crippen molar-refractivity contribution in [3.8, 4) is 0 Å². The molecular formula is C19H18N2O3S. The first-order valence-corrected chi connectivity index (χ1v) is 9.44. The molecule has 25 heavy (non-hydrogen) atoms. The summed E-state index contributed by atoms with van der Waals surface area (Å²) in [5.41, 5.74) is 0.966. The Morgan fingerprint density at radius 3 is 2.36 bits per heavy atom. The van der Waals surface area contributed by atoms with Gasteiger partial charge in [-0.2, -0.15) is 0 Å². The van der Waals surface area contributed by atoms with Crippen LogP contribution in [-0.2, 0) is 10.0 Å². The van der Waals surface area contributed by atoms with E-state index in [9.17, 15) is 13.2 Å². The van der Waals surface area contributed by atoms with Crippen LogP contribution < -0.4 is 4.72 Å². The third-order valence-electron chi connectivity index (χ3n) is 4.01. The number of ketones is 1. The number of aromatic nitrogens is 1. The molecule has 0 spiro atoms. The molecule has 3 rings (SSSR count). The average Bonchev–Trinajstić information content (AvgIpc) is 2.62. The Hall–Kier alpha value is -2.73. The van der Waals surface area contributed by atoms with Crippen LogP contribution in [0.1, 0.15) is 22.8 Å². The van der Waals surface area contributed by atoms with Gasteiger partial charge in [-0.05, 0) is 18.1 Å². The standard InChI is InChI=1S/C19H18N2O3S/c1-14-7-5-6-10-17(14)25(23,24)21-18-12-11-16(13-20-18)19(22)15-8-3-2-4-9-15/h2-14,17H,1H3,(H,20,21). The van der Waals surface area contributed by atoms with Gasteiger partial charge in [0.15, 0.2) is 5.78 Å². The number of anilines is 1. The van der Waals surface area contributed by atoms with Gasteiger partial charge in [-0.15, -0.1) is 0 Å². The second-order valence-electron chi connectivity index (χ2n) is 5.87. The van der Waals surface area contributed by atoms with Gasteiger partial charge in [0.05, 0.1) is 0 Å². The Balaban J connectivity index is 1.76. The lowest BCUT2D eigenvalue weighted by Crippen LogP contribution is -2.32. The summed E-state index contributed by atoms with van der Waals surface area (Å²) in [4.78, 5) is 16.4. The Kier molecular flexibility index (Phi) is 4.81. The lowest BCUT2D eigenvalue weighted by atomic mass is 10.0. The van der Waals surface area contributed by atoms with Crippen molar-refractivity contribution in [2.75, 3.05) is 4.72 Å². The Bertz CT molecular complexity index is 917. The third-order valence-corrected chi connectivity index (χ3v) is 5.81. The van der Waals surface area contributed by atoms with Gasteiger partial charge in [0.1, 0.15) is 11.1 Å². The van der Waals surface area contributed by atoms with Crippen molar-refractivity contribution in [1.29, 1.82) is 0 Å². The molecular weight excluding hydrogens is 336 g/mol. The molecule has 0 fully saturated rings. The first-order valence-electron chi connectivity index (χ1n) is 7.90. The molecule has 0 saturated carbocycles. The van der Waals surface area contributed by atoms with E-state index in [-0.39, 0.29) is 17.5 Å². The van der Waals surface area contributed by atoms with Crippen LogP contribution >= 0.6 is 0 Å². The van der Waals surface area contributed by atoms with Crippen LogP contribution in [0.25, 0.3) is 0 Å². The molecule has 0 saturated heterocycles. The second kappa shape index (κ2) is 7.03. The molecule has 0 amide bonds. The summed E-state index contributed by atoms with van der Waals surface area (Å²) in [5.74, 6) is -0.0855. The molecule has 1 N–H and O–H groups in total. The number of allylic oxidation sites excluding steroid dienone is 3. The number of hydrogen-bond acceptors (Lipinski definition) is 4. The lowest BCUT2D eigenvalue weighted by molar-refractivity contribution is 0.103. The molecule has 128 valence electrons. The zero-order valence-electron chi connectivity index (χ0n) is 13.7. The molecule has 2 aromatic rings. The maximum absolute atomic E-state index is 12.5. The fourth-order valence-electron chi connectivity index (χ4n) is 2.64. The minimum Gasteiger partial charge on any atom is -0.289 e. The van der Waals surface area contributed by atoms with Crippen molar-refractivity contribution in [3.63, 3.8) is 0 Å². The smallest absolute Gasteiger partial charge is 0.240 e. The minimum atomic E-state index is -3.61. The van der Waals surface area contributed by atoms with Gasteiger partial charge in [-0.25, -0.2) is 13.4 Å². The summed E-state index contributed by atoms with van der Waals surface area (Å²) in [5, 5.41) is -0.648. The van der Waals surface area contributed by atoms with Crippen molar-refractivity contribution >= 4 is 21.6 Å². The van der Waals surface area contributed by atoms with Crippen molar-refractivity contribution in [2.24, 2.45) is 5.92 Å². The largest absolute Gasteiger partial charge is 0.289 e. The highest BCUT2D eigenvalue weighted by Crippen LogP contribution is 2.21. The summed E-state index contributed by atoms with van der Waals surface area (Å²) in [7, 11) is -3.61. The SMILES string of the molecule is CC1C=CC=CC1S(=O)(=O)Nc1ccc(C(=O)c2ccccc2)cn1. The van der Waals surface area contributed by atoms with Crippen molar-refractivity contribution < 1.29 is 13.2 Å². The van der Waals surface area contributed by atoms with Crippen molar-refractivity contribution in [2.45, 2.75) is 12.2 Å². The fraction of sp³-hybridized carbons (Fsp3) is 0.158. The van der Waals surface area contributed by atoms with Crippen LogP contribution in [0.15, 0.2) is 73.0 Å². The molecule has 0 radical (unpaired) electrons. The summed E-state index contributed by atoms with van der Waals surface area (Å²) in [6.45, 7) is 1.85. The second-order valence-corrected chi connectivity index (χ2v) is 7.71. The zero-order chi connectivity index (χ0) is 17.9. The Morgan fingerprint density at radius 1 is 1.00 bits per heavy atom. The number of carbonyl (C=O) groups excluding carboxylic acids is 1.